The number of benzene rings is 1. The Kier molecular flexibility index (Phi) is 4.19. The lowest BCUT2D eigenvalue weighted by molar-refractivity contribution is -0.0293. The molecule has 5 heteroatoms. The molecule has 0 aliphatic rings. The molecule has 0 aliphatic heterocycles. The summed E-state index contributed by atoms with van der Waals surface area (Å²) in [6.45, 7) is -1.07. The third-order valence-corrected chi connectivity index (χ3v) is 3.50. The maximum Gasteiger partial charge on any atom is 0.134 e. The van der Waals surface area contributed by atoms with E-state index in [-0.39, 0.29) is 13.0 Å². The molecule has 2 atom stereocenters. The zero-order valence-electron chi connectivity index (χ0n) is 10.8. The van der Waals surface area contributed by atoms with E-state index in [1.807, 2.05) is 0 Å². The lowest BCUT2D eigenvalue weighted by Crippen LogP contribution is -2.49. The van der Waals surface area contributed by atoms with E-state index in [1.165, 1.54) is 0 Å². The van der Waals surface area contributed by atoms with Gasteiger partial charge in [-0.05, 0) is 31.2 Å². The topological polar surface area (TPSA) is 65.6 Å². The number of nitrogens with one attached hydrogen (secondary N) is 1. The van der Waals surface area contributed by atoms with E-state index < -0.39 is 18.3 Å². The van der Waals surface area contributed by atoms with Gasteiger partial charge in [-0.1, -0.05) is 12.1 Å². The number of aliphatic hydroxyl groups is 2. The minimum Gasteiger partial charge on any atom is -0.464 e. The third-order valence-electron chi connectivity index (χ3n) is 3.50. The van der Waals surface area contributed by atoms with E-state index in [0.717, 1.165) is 5.39 Å². The summed E-state index contributed by atoms with van der Waals surface area (Å²) < 4.78 is 18.7. The van der Waals surface area contributed by atoms with Crippen LogP contribution in [0.3, 0.4) is 0 Å². The minimum atomic E-state index is -1.68. The van der Waals surface area contributed by atoms with Gasteiger partial charge in [-0.2, -0.15) is 0 Å². The van der Waals surface area contributed by atoms with Crippen molar-refractivity contribution in [3.05, 3.63) is 36.1 Å². The van der Waals surface area contributed by atoms with Crippen LogP contribution in [0.25, 0.3) is 11.0 Å². The molecule has 0 radical (unpaired) electrons. The van der Waals surface area contributed by atoms with E-state index in [2.05, 4.69) is 5.32 Å². The van der Waals surface area contributed by atoms with Crippen LogP contribution >= 0.6 is 0 Å². The van der Waals surface area contributed by atoms with Crippen LogP contribution in [0.4, 0.5) is 4.39 Å². The van der Waals surface area contributed by atoms with Crippen molar-refractivity contribution in [2.45, 2.75) is 18.1 Å². The first-order valence-electron chi connectivity index (χ1n) is 6.20. The Morgan fingerprint density at radius 3 is 2.84 bits per heavy atom. The molecule has 104 valence electrons. The SMILES string of the molecule is CNC(CCO)C(O)(CF)c1ccc2ccoc2c1. The van der Waals surface area contributed by atoms with Gasteiger partial charge in [0.25, 0.3) is 0 Å². The smallest absolute Gasteiger partial charge is 0.134 e. The standard InChI is InChI=1S/C14H18FNO3/c1-16-13(4-6-17)14(18,9-15)11-3-2-10-5-7-19-12(10)8-11/h2-3,5,7-8,13,16-18H,4,6,9H2,1H3. The van der Waals surface area contributed by atoms with E-state index in [1.54, 1.807) is 37.6 Å². The summed E-state index contributed by atoms with van der Waals surface area (Å²) in [7, 11) is 1.63. The van der Waals surface area contributed by atoms with Gasteiger partial charge in [0, 0.05) is 18.0 Å². The average Bonchev–Trinajstić information content (AvgIpc) is 2.91. The van der Waals surface area contributed by atoms with E-state index in [0.29, 0.717) is 11.1 Å². The molecule has 0 fully saturated rings. The number of halogens is 1. The Balaban J connectivity index is 2.43. The van der Waals surface area contributed by atoms with Crippen molar-refractivity contribution in [2.75, 3.05) is 20.3 Å². The second kappa shape index (κ2) is 5.69. The minimum absolute atomic E-state index is 0.128. The van der Waals surface area contributed by atoms with Gasteiger partial charge in [0.15, 0.2) is 0 Å². The molecular weight excluding hydrogens is 249 g/mol. The van der Waals surface area contributed by atoms with Crippen LogP contribution in [0, 0.1) is 0 Å². The molecule has 19 heavy (non-hydrogen) atoms. The van der Waals surface area contributed by atoms with E-state index in [9.17, 15) is 9.50 Å². The molecule has 4 nitrogen and oxygen atoms in total. The lowest BCUT2D eigenvalue weighted by Gasteiger charge is -2.34. The van der Waals surface area contributed by atoms with Gasteiger partial charge >= 0.3 is 0 Å². The third kappa shape index (κ3) is 2.49. The highest BCUT2D eigenvalue weighted by Gasteiger charge is 2.38. The van der Waals surface area contributed by atoms with Crippen molar-refractivity contribution >= 4 is 11.0 Å². The van der Waals surface area contributed by atoms with Crippen LogP contribution in [0.2, 0.25) is 0 Å². The molecule has 0 aliphatic carbocycles. The summed E-state index contributed by atoms with van der Waals surface area (Å²) in [5.74, 6) is 0. The maximum atomic E-state index is 13.4. The van der Waals surface area contributed by atoms with Gasteiger partial charge in [0.2, 0.25) is 0 Å². The summed E-state index contributed by atoms with van der Waals surface area (Å²) in [5, 5.41) is 23.4. The molecule has 0 bridgehead atoms. The fourth-order valence-electron chi connectivity index (χ4n) is 2.35. The fourth-order valence-corrected chi connectivity index (χ4v) is 2.35. The molecule has 2 aromatic rings. The van der Waals surface area contributed by atoms with Crippen molar-refractivity contribution in [3.8, 4) is 0 Å². The summed E-state index contributed by atoms with van der Waals surface area (Å²) in [6.07, 6.45) is 1.80. The molecule has 1 aromatic heterocycles. The monoisotopic (exact) mass is 267 g/mol. The predicted octanol–water partition coefficient (Wildman–Crippen LogP) is 1.56. The Hall–Kier alpha value is -1.43. The summed E-state index contributed by atoms with van der Waals surface area (Å²) in [4.78, 5) is 0. The normalized spacial score (nSPS) is 16.4. The van der Waals surface area contributed by atoms with Crippen LogP contribution < -0.4 is 5.32 Å². The fraction of sp³-hybridized carbons (Fsp3) is 0.429. The Morgan fingerprint density at radius 2 is 2.21 bits per heavy atom. The van der Waals surface area contributed by atoms with Gasteiger partial charge in [-0.15, -0.1) is 0 Å². The first kappa shape index (κ1) is 14.0. The van der Waals surface area contributed by atoms with Gasteiger partial charge in [-0.3, -0.25) is 0 Å². The van der Waals surface area contributed by atoms with Crippen LogP contribution in [0.15, 0.2) is 34.9 Å². The molecule has 0 spiro atoms. The van der Waals surface area contributed by atoms with Gasteiger partial charge in [0.1, 0.15) is 17.9 Å². The predicted molar refractivity (Wildman–Crippen MR) is 70.6 cm³/mol. The van der Waals surface area contributed by atoms with Gasteiger partial charge in [0.05, 0.1) is 6.26 Å². The highest BCUT2D eigenvalue weighted by atomic mass is 19.1. The number of alkyl halides is 1. The molecule has 0 amide bonds. The lowest BCUT2D eigenvalue weighted by atomic mass is 9.85. The van der Waals surface area contributed by atoms with Crippen molar-refractivity contribution in [1.82, 2.24) is 5.32 Å². The number of aliphatic hydroxyl groups excluding tert-OH is 1. The van der Waals surface area contributed by atoms with Crippen LogP contribution in [0.5, 0.6) is 0 Å². The summed E-state index contributed by atoms with van der Waals surface area (Å²) in [5.41, 5.74) is -0.646. The van der Waals surface area contributed by atoms with Gasteiger partial charge < -0.3 is 19.9 Å². The van der Waals surface area contributed by atoms with Crippen molar-refractivity contribution in [3.63, 3.8) is 0 Å². The Labute approximate surface area is 110 Å². The number of likely N-dealkylation sites (N-methyl/N-ethyl adjacent to an activating group) is 1. The van der Waals surface area contributed by atoms with Gasteiger partial charge in [-0.25, -0.2) is 4.39 Å². The molecule has 2 unspecified atom stereocenters. The highest BCUT2D eigenvalue weighted by Crippen LogP contribution is 2.30. The maximum absolute atomic E-state index is 13.4. The first-order chi connectivity index (χ1) is 9.15. The number of hydrogen-bond acceptors (Lipinski definition) is 4. The number of furan rings is 1. The van der Waals surface area contributed by atoms with E-state index in [4.69, 9.17) is 9.52 Å². The van der Waals surface area contributed by atoms with Crippen LogP contribution in [-0.2, 0) is 5.60 Å². The highest BCUT2D eigenvalue weighted by molar-refractivity contribution is 5.77. The van der Waals surface area contributed by atoms with E-state index >= 15 is 0 Å². The number of rotatable bonds is 6. The summed E-state index contributed by atoms with van der Waals surface area (Å²) >= 11 is 0. The molecule has 0 saturated heterocycles. The molecule has 0 saturated carbocycles. The Bertz CT molecular complexity index is 542. The zero-order chi connectivity index (χ0) is 13.9. The number of hydrogen-bond donors (Lipinski definition) is 3. The van der Waals surface area contributed by atoms with Crippen LogP contribution in [-0.4, -0.2) is 36.6 Å². The number of fused-ring (bicyclic) bond motifs is 1. The second-order valence-corrected chi connectivity index (χ2v) is 4.58. The molecule has 3 N–H and O–H groups in total. The quantitative estimate of drug-likeness (QED) is 0.743. The largest absolute Gasteiger partial charge is 0.464 e. The first-order valence-corrected chi connectivity index (χ1v) is 6.20. The van der Waals surface area contributed by atoms with Crippen LogP contribution in [0.1, 0.15) is 12.0 Å². The molecular formula is C14H18FNO3. The second-order valence-electron chi connectivity index (χ2n) is 4.58. The van der Waals surface area contributed by atoms with Crippen molar-refractivity contribution in [2.24, 2.45) is 0 Å². The van der Waals surface area contributed by atoms with Crippen molar-refractivity contribution < 1.29 is 19.0 Å². The molecule has 1 aromatic carbocycles. The molecule has 2 rings (SSSR count). The zero-order valence-corrected chi connectivity index (χ0v) is 10.8. The molecule has 1 heterocycles. The Morgan fingerprint density at radius 1 is 1.42 bits per heavy atom. The average molecular weight is 267 g/mol. The summed E-state index contributed by atoms with van der Waals surface area (Å²) in [6, 6.07) is 6.32. The van der Waals surface area contributed by atoms with Crippen molar-refractivity contribution in [1.29, 1.82) is 0 Å².